The number of thiophene rings is 2. The quantitative estimate of drug-likeness (QED) is 0.0973. The molecule has 8 rings (SSSR count). The first-order valence-corrected chi connectivity index (χ1v) is 22.1. The van der Waals surface area contributed by atoms with Gasteiger partial charge < -0.3 is 20.1 Å². The van der Waals surface area contributed by atoms with Crippen molar-refractivity contribution in [2.75, 3.05) is 33.4 Å². The number of rotatable bonds is 13. The lowest BCUT2D eigenvalue weighted by Gasteiger charge is -2.13. The third kappa shape index (κ3) is 8.44. The molecule has 0 fully saturated rings. The van der Waals surface area contributed by atoms with Gasteiger partial charge in [-0.05, 0) is 70.0 Å². The van der Waals surface area contributed by atoms with Crippen molar-refractivity contribution in [3.05, 3.63) is 126 Å². The van der Waals surface area contributed by atoms with Crippen LogP contribution in [0.25, 0.3) is 10.0 Å². The maximum absolute atomic E-state index is 13.7. The summed E-state index contributed by atoms with van der Waals surface area (Å²) in [5.41, 5.74) is 6.95. The van der Waals surface area contributed by atoms with E-state index in [-0.39, 0.29) is 51.0 Å². The molecule has 2 atom stereocenters. The van der Waals surface area contributed by atoms with E-state index < -0.39 is 18.1 Å². The van der Waals surface area contributed by atoms with Crippen LogP contribution in [0.3, 0.4) is 0 Å². The molecule has 2 aliphatic heterocycles. The summed E-state index contributed by atoms with van der Waals surface area (Å²) in [4.78, 5) is 51.5. The first-order valence-electron chi connectivity index (χ1n) is 20.1. The monoisotopic (exact) mass is 903 g/mol. The zero-order chi connectivity index (χ0) is 44.5. The molecule has 0 spiro atoms. The highest BCUT2D eigenvalue weighted by Gasteiger charge is 2.35. The van der Waals surface area contributed by atoms with E-state index in [4.69, 9.17) is 31.1 Å². The second-order valence-electron chi connectivity index (χ2n) is 15.0. The van der Waals surface area contributed by atoms with E-state index in [1.54, 1.807) is 35.6 Å². The van der Waals surface area contributed by atoms with Crippen LogP contribution in [0, 0.1) is 45.9 Å². The molecule has 0 aliphatic carbocycles. The van der Waals surface area contributed by atoms with Crippen LogP contribution in [0.4, 0.5) is 0 Å². The molecule has 2 aromatic carbocycles. The number of amides is 2. The number of ether oxygens (including phenoxy) is 2. The number of carbonyl (C=O) groups is 3. The second kappa shape index (κ2) is 18.1. The van der Waals surface area contributed by atoms with E-state index >= 15 is 0 Å². The molecule has 322 valence electrons. The minimum absolute atomic E-state index is 0.0254. The fourth-order valence-corrected chi connectivity index (χ4v) is 10.3. The Morgan fingerprint density at radius 3 is 1.87 bits per heavy atom. The van der Waals surface area contributed by atoms with Crippen LogP contribution in [0.15, 0.2) is 58.5 Å². The molecule has 0 saturated carbocycles. The van der Waals surface area contributed by atoms with E-state index in [0.29, 0.717) is 55.0 Å². The number of esters is 1. The maximum atomic E-state index is 13.7. The predicted octanol–water partition coefficient (Wildman–Crippen LogP) is 6.34. The van der Waals surface area contributed by atoms with Gasteiger partial charge in [0.15, 0.2) is 11.6 Å². The molecule has 2 aliphatic rings. The van der Waals surface area contributed by atoms with Gasteiger partial charge in [0.25, 0.3) is 5.91 Å². The van der Waals surface area contributed by atoms with Gasteiger partial charge in [-0.1, -0.05) is 35.9 Å². The maximum Gasteiger partial charge on any atom is 0.308 e. The molecule has 0 radical (unpaired) electrons. The third-order valence-electron chi connectivity index (χ3n) is 10.9. The molecule has 2 N–H and O–H groups in total. The lowest BCUT2D eigenvalue weighted by Crippen LogP contribution is -2.31. The van der Waals surface area contributed by atoms with Gasteiger partial charge in [-0.25, -0.2) is 0 Å². The number of hydrogen-bond acceptors (Lipinski definition) is 14. The first kappa shape index (κ1) is 43.3. The van der Waals surface area contributed by atoms with Gasteiger partial charge in [-0.2, -0.15) is 5.26 Å². The number of nitrogens with zero attached hydrogens (tertiary/aromatic N) is 9. The molecule has 63 heavy (non-hydrogen) atoms. The van der Waals surface area contributed by atoms with Gasteiger partial charge in [-0.3, -0.25) is 33.5 Å². The summed E-state index contributed by atoms with van der Waals surface area (Å²) in [6.45, 7) is 10.6. The van der Waals surface area contributed by atoms with Gasteiger partial charge in [-0.15, -0.1) is 43.1 Å². The molecule has 0 saturated heterocycles. The number of nitriles is 1. The molecule has 2 amide bonds. The van der Waals surface area contributed by atoms with E-state index in [2.05, 4.69) is 50.9 Å². The molecule has 6 aromatic rings. The Morgan fingerprint density at radius 2 is 1.29 bits per heavy atom. The molecule has 2 unspecified atom stereocenters. The average Bonchev–Trinajstić information content (AvgIpc) is 3.98. The van der Waals surface area contributed by atoms with Crippen LogP contribution in [-0.4, -0.2) is 92.1 Å². The summed E-state index contributed by atoms with van der Waals surface area (Å²) in [5.74, 6) is 1.35. The van der Waals surface area contributed by atoms with Gasteiger partial charge >= 0.3 is 5.97 Å². The smallest absolute Gasteiger partial charge is 0.308 e. The molecular weight excluding hydrogens is 862 g/mol. The van der Waals surface area contributed by atoms with Crippen LogP contribution in [0.5, 0.6) is 0 Å². The minimum Gasteiger partial charge on any atom is -0.469 e. The molecule has 4 aromatic heterocycles. The van der Waals surface area contributed by atoms with Crippen molar-refractivity contribution < 1.29 is 23.9 Å². The number of fused-ring (bicyclic) bond motifs is 6. The summed E-state index contributed by atoms with van der Waals surface area (Å²) < 4.78 is 14.6. The molecule has 0 bridgehead atoms. The van der Waals surface area contributed by atoms with Crippen LogP contribution in [-0.2, 0) is 19.1 Å². The van der Waals surface area contributed by atoms with Crippen molar-refractivity contribution >= 4 is 63.5 Å². The van der Waals surface area contributed by atoms with Crippen LogP contribution < -0.4 is 10.6 Å². The SMILES string of the molecule is COC(=O)CC1N=C(c2ccc(Cl)cc2)c2c(sc(C(=O)NCCOCCNC(=O)CC3N=C(c4ccc(C#N)cc4)c4c(sc(C)c4C)-n4c(C)nnc43)c2C)-n2c(C)nnc21. The Hall–Kier alpha value is -6.39. The molecule has 19 heteroatoms. The summed E-state index contributed by atoms with van der Waals surface area (Å²) in [6.07, 6.45) is -0.0228. The highest BCUT2D eigenvalue weighted by Crippen LogP contribution is 2.41. The minimum atomic E-state index is -0.685. The van der Waals surface area contributed by atoms with Crippen molar-refractivity contribution in [2.24, 2.45) is 9.98 Å². The van der Waals surface area contributed by atoms with E-state index in [0.717, 1.165) is 43.4 Å². The Morgan fingerprint density at radius 1 is 0.746 bits per heavy atom. The summed E-state index contributed by atoms with van der Waals surface area (Å²) >= 11 is 9.16. The topological polar surface area (TPSA) is 204 Å². The number of carbonyl (C=O) groups excluding carboxylic acids is 3. The fourth-order valence-electron chi connectivity index (χ4n) is 7.64. The number of halogens is 1. The van der Waals surface area contributed by atoms with Crippen molar-refractivity contribution in [1.82, 2.24) is 40.2 Å². The van der Waals surface area contributed by atoms with Crippen molar-refractivity contribution in [3.63, 3.8) is 0 Å². The molecule has 6 heterocycles. The zero-order valence-electron chi connectivity index (χ0n) is 35.3. The fraction of sp³-hybridized carbons (Fsp3) is 0.318. The average molecular weight is 904 g/mol. The van der Waals surface area contributed by atoms with Gasteiger partial charge in [0.1, 0.15) is 33.7 Å². The normalized spacial score (nSPS) is 15.1. The summed E-state index contributed by atoms with van der Waals surface area (Å²) in [5, 5.41) is 35.1. The van der Waals surface area contributed by atoms with Crippen molar-refractivity contribution in [1.29, 1.82) is 5.26 Å². The second-order valence-corrected chi connectivity index (χ2v) is 17.6. The van der Waals surface area contributed by atoms with Crippen molar-refractivity contribution in [2.45, 2.75) is 59.5 Å². The highest BCUT2D eigenvalue weighted by molar-refractivity contribution is 7.17. The Kier molecular flexibility index (Phi) is 12.5. The van der Waals surface area contributed by atoms with Crippen LogP contribution in [0.2, 0.25) is 5.02 Å². The molecular formula is C44H42ClN11O5S2. The van der Waals surface area contributed by atoms with Crippen molar-refractivity contribution in [3.8, 4) is 16.1 Å². The Balaban J connectivity index is 0.913. The summed E-state index contributed by atoms with van der Waals surface area (Å²) in [6, 6.07) is 15.4. The Labute approximate surface area is 375 Å². The highest BCUT2D eigenvalue weighted by atomic mass is 35.5. The number of benzene rings is 2. The number of nitrogens with one attached hydrogen (secondary N) is 2. The molecule has 16 nitrogen and oxygen atoms in total. The lowest BCUT2D eigenvalue weighted by atomic mass is 9.99. The number of aromatic nitrogens is 6. The standard InChI is InChI=1S/C44H42ClN11O5S2/c1-22-24(3)62-43-35(22)37(28-9-7-27(21-46)8-10-28)49-31(40-53-51-25(4)55(40)43)19-33(57)47-15-17-61-18-16-48-42(59)39-23(2)36-38(29-11-13-30(45)14-12-29)50-32(20-34(58)60-6)41-54-52-26(5)56(41)44(36)63-39/h7-14,31-32H,15-20H2,1-6H3,(H,47,57)(H,48,59). The van der Waals surface area contributed by atoms with E-state index in [1.165, 1.54) is 18.4 Å². The number of hydrogen-bond donors (Lipinski definition) is 2. The zero-order valence-corrected chi connectivity index (χ0v) is 37.7. The first-order chi connectivity index (χ1) is 30.4. The van der Waals surface area contributed by atoms with Crippen LogP contribution in [0.1, 0.15) is 102 Å². The van der Waals surface area contributed by atoms with E-state index in [9.17, 15) is 19.6 Å². The number of aliphatic imine (C=N–C) groups is 2. The number of methoxy groups -OCH3 is 1. The van der Waals surface area contributed by atoms with Gasteiger partial charge in [0.05, 0.1) is 61.1 Å². The largest absolute Gasteiger partial charge is 0.469 e. The van der Waals surface area contributed by atoms with E-state index in [1.807, 2.05) is 54.2 Å². The lowest BCUT2D eigenvalue weighted by molar-refractivity contribution is -0.141. The van der Waals surface area contributed by atoms with Gasteiger partial charge in [0, 0.05) is 45.2 Å². The van der Waals surface area contributed by atoms with Gasteiger partial charge in [0.2, 0.25) is 5.91 Å². The Bertz CT molecular complexity index is 2870. The number of aryl methyl sites for hydroxylation is 3. The summed E-state index contributed by atoms with van der Waals surface area (Å²) in [7, 11) is 1.33. The van der Waals surface area contributed by atoms with Crippen LogP contribution >= 0.6 is 34.3 Å². The predicted molar refractivity (Wildman–Crippen MR) is 239 cm³/mol. The third-order valence-corrected chi connectivity index (χ3v) is 13.6.